The number of rotatable bonds is 17. The van der Waals surface area contributed by atoms with E-state index >= 15 is 0 Å². The third-order valence-electron chi connectivity index (χ3n) is 16.2. The zero-order chi connectivity index (χ0) is 59.2. The Morgan fingerprint density at radius 2 is 0.602 bits per heavy atom. The monoisotopic (exact) mass is 1140 g/mol. The lowest BCUT2D eigenvalue weighted by Gasteiger charge is -2.41. The summed E-state index contributed by atoms with van der Waals surface area (Å²) in [5.74, 6) is 3.67. The van der Waals surface area contributed by atoms with Crippen molar-refractivity contribution in [2.45, 2.75) is 52.4 Å². The Kier molecular flexibility index (Phi) is 15.5. The molecule has 10 aromatic carbocycles. The molecule has 0 atom stereocenters. The Morgan fingerprint density at radius 1 is 0.261 bits per heavy atom. The Balaban J connectivity index is 1.10. The van der Waals surface area contributed by atoms with E-state index in [4.69, 9.17) is 34.9 Å². The number of benzene rings is 10. The normalized spacial score (nSPS) is 11.8. The molecule has 3 aromatic heterocycles. The predicted octanol–water partition coefficient (Wildman–Crippen LogP) is 20.4. The fraction of sp³-hybridized carbons (Fsp3) is 0.101. The summed E-state index contributed by atoms with van der Waals surface area (Å²) in [4.78, 5) is 42.6. The third-order valence-corrected chi connectivity index (χ3v) is 16.2. The molecule has 0 unspecified atom stereocenters. The van der Waals surface area contributed by atoms with Gasteiger partial charge in [0.2, 0.25) is 0 Å². The van der Waals surface area contributed by atoms with Crippen molar-refractivity contribution in [3.8, 4) is 102 Å². The molecular formula is C79H63N9. The Bertz CT molecular complexity index is 4340. The van der Waals surface area contributed by atoms with Crippen LogP contribution in [0.2, 0.25) is 0 Å². The molecule has 88 heavy (non-hydrogen) atoms. The summed E-state index contributed by atoms with van der Waals surface area (Å²) in [5, 5.41) is 0. The van der Waals surface area contributed by atoms with Crippen LogP contribution in [0.3, 0.4) is 0 Å². The summed E-state index contributed by atoms with van der Waals surface area (Å²) in [5.41, 5.74) is 19.0. The molecule has 9 heteroatoms. The van der Waals surface area contributed by atoms with E-state index in [1.807, 2.05) is 84.9 Å². The first-order valence-corrected chi connectivity index (χ1v) is 30.5. The van der Waals surface area contributed by atoms with E-state index in [9.17, 15) is 0 Å². The molecular weight excluding hydrogens is 1070 g/mol. The lowest BCUT2D eigenvalue weighted by Crippen LogP contribution is -2.25. The number of aromatic nitrogens is 7. The lowest BCUT2D eigenvalue weighted by atomic mass is 9.89. The van der Waals surface area contributed by atoms with Gasteiger partial charge in [0, 0.05) is 56.1 Å². The van der Waals surface area contributed by atoms with Crippen LogP contribution in [0.5, 0.6) is 0 Å². The largest absolute Gasteiger partial charge is 0.305 e. The third kappa shape index (κ3) is 11.2. The number of anilines is 6. The van der Waals surface area contributed by atoms with Crippen LogP contribution in [0.1, 0.15) is 50.7 Å². The topological polar surface area (TPSA) is 96.7 Å². The highest BCUT2D eigenvalue weighted by Crippen LogP contribution is 2.58. The molecule has 0 fully saturated rings. The quantitative estimate of drug-likeness (QED) is 0.0883. The average molecular weight is 1140 g/mol. The molecule has 4 heterocycles. The summed E-state index contributed by atoms with van der Waals surface area (Å²) in [6.45, 7) is 4.54. The van der Waals surface area contributed by atoms with E-state index in [-0.39, 0.29) is 0 Å². The molecule has 0 bridgehead atoms. The molecule has 0 amide bonds. The molecule has 0 saturated heterocycles. The fourth-order valence-electron chi connectivity index (χ4n) is 11.8. The number of aryl methyl sites for hydroxylation is 2. The fourth-order valence-corrected chi connectivity index (χ4v) is 11.8. The second kappa shape index (κ2) is 24.9. The van der Waals surface area contributed by atoms with Gasteiger partial charge in [-0.3, -0.25) is 4.90 Å². The van der Waals surface area contributed by atoms with Crippen LogP contribution < -0.4 is 9.80 Å². The van der Waals surface area contributed by atoms with Crippen molar-refractivity contribution in [2.75, 3.05) is 9.80 Å². The van der Waals surface area contributed by atoms with Crippen molar-refractivity contribution in [3.63, 3.8) is 0 Å². The molecule has 0 radical (unpaired) electrons. The highest BCUT2D eigenvalue weighted by atomic mass is 15.3. The summed E-state index contributed by atoms with van der Waals surface area (Å²) in [7, 11) is 0. The molecule has 424 valence electrons. The van der Waals surface area contributed by atoms with Gasteiger partial charge in [0.25, 0.3) is 0 Å². The zero-order valence-corrected chi connectivity index (χ0v) is 49.2. The van der Waals surface area contributed by atoms with Gasteiger partial charge < -0.3 is 4.90 Å². The van der Waals surface area contributed by atoms with Gasteiger partial charge in [0.05, 0.1) is 45.5 Å². The van der Waals surface area contributed by atoms with Gasteiger partial charge in [0.1, 0.15) is 5.82 Å². The summed E-state index contributed by atoms with van der Waals surface area (Å²) >= 11 is 0. The molecule has 1 aliphatic rings. The standard InChI is InChI=1S/C79H63N9/c1-3-5-29-54-47-55(30-6-4-2)49-62(48-54)64-50-63(79-85-77(60-39-21-11-22-40-60)84-78(86-79)61-41-23-12-24-42-61)51-65(68-52-66(56-31-13-7-14-32-56)80-75(82-68)58-35-17-9-18-36-58)74(64)88-71-45-27-25-43-69(71)87(70-44-26-28-46-72(70)88)73-53-67(57-33-15-8-16-34-57)81-76(83-73)59-37-19-10-20-38-59/h7-28,31-53H,3-6,29-30H2,1-2H3. The SMILES string of the molecule is CCCCc1cc(CCCC)cc(-c2cc(-c3nc(-c4ccccc4)nc(-c4ccccc4)n3)cc(-c3cc(-c4ccccc4)nc(-c4ccccc4)n3)c2N2c3ccccc3N(c3cc(-c4ccccc4)nc(-c4ccccc4)n3)c3ccccc32)c1. The van der Waals surface area contributed by atoms with Gasteiger partial charge in [-0.2, -0.15) is 0 Å². The van der Waals surface area contributed by atoms with Crippen LogP contribution in [0, 0.1) is 0 Å². The summed E-state index contributed by atoms with van der Waals surface area (Å²) in [6, 6.07) is 95.3. The average Bonchev–Trinajstić information content (AvgIpc) is 0.796. The molecule has 9 nitrogen and oxygen atoms in total. The van der Waals surface area contributed by atoms with Crippen LogP contribution in [0.15, 0.2) is 273 Å². The molecule has 0 spiro atoms. The zero-order valence-electron chi connectivity index (χ0n) is 49.2. The van der Waals surface area contributed by atoms with Crippen molar-refractivity contribution in [1.82, 2.24) is 34.9 Å². The number of para-hydroxylation sites is 4. The molecule has 0 N–H and O–H groups in total. The van der Waals surface area contributed by atoms with Crippen molar-refractivity contribution >= 4 is 34.3 Å². The first kappa shape index (κ1) is 54.9. The first-order chi connectivity index (χ1) is 43.5. The lowest BCUT2D eigenvalue weighted by molar-refractivity contribution is 0.781. The molecule has 13 aromatic rings. The molecule has 0 aliphatic carbocycles. The van der Waals surface area contributed by atoms with Crippen LogP contribution in [0.4, 0.5) is 34.3 Å². The van der Waals surface area contributed by atoms with Crippen molar-refractivity contribution in [1.29, 1.82) is 0 Å². The Hall–Kier alpha value is -11.0. The van der Waals surface area contributed by atoms with Crippen molar-refractivity contribution in [3.05, 3.63) is 284 Å². The number of hydrogen-bond donors (Lipinski definition) is 0. The smallest absolute Gasteiger partial charge is 0.164 e. The maximum absolute atomic E-state index is 5.70. The summed E-state index contributed by atoms with van der Waals surface area (Å²) in [6.07, 6.45) is 6.20. The van der Waals surface area contributed by atoms with E-state index in [2.05, 4.69) is 212 Å². The van der Waals surface area contributed by atoms with Gasteiger partial charge in [-0.05, 0) is 84.8 Å². The summed E-state index contributed by atoms with van der Waals surface area (Å²) < 4.78 is 0. The maximum Gasteiger partial charge on any atom is 0.164 e. The highest BCUT2D eigenvalue weighted by Gasteiger charge is 2.35. The molecule has 0 saturated carbocycles. The minimum atomic E-state index is 0.536. The van der Waals surface area contributed by atoms with Gasteiger partial charge >= 0.3 is 0 Å². The molecule has 1 aliphatic heterocycles. The number of fused-ring (bicyclic) bond motifs is 2. The Labute approximate surface area is 514 Å². The number of hydrogen-bond acceptors (Lipinski definition) is 9. The van der Waals surface area contributed by atoms with Crippen LogP contribution in [-0.4, -0.2) is 34.9 Å². The van der Waals surface area contributed by atoms with Gasteiger partial charge in [-0.15, -0.1) is 0 Å². The first-order valence-electron chi connectivity index (χ1n) is 30.5. The van der Waals surface area contributed by atoms with Crippen LogP contribution in [-0.2, 0) is 12.8 Å². The number of unbranched alkanes of at least 4 members (excludes halogenated alkanes) is 2. The van der Waals surface area contributed by atoms with Gasteiger partial charge in [-0.1, -0.05) is 251 Å². The van der Waals surface area contributed by atoms with Crippen molar-refractivity contribution < 1.29 is 0 Å². The molecule has 14 rings (SSSR count). The second-order valence-corrected chi connectivity index (χ2v) is 22.2. The van der Waals surface area contributed by atoms with E-state index in [0.717, 1.165) is 145 Å². The minimum absolute atomic E-state index is 0.536. The van der Waals surface area contributed by atoms with E-state index in [0.29, 0.717) is 29.1 Å². The maximum atomic E-state index is 5.70. The van der Waals surface area contributed by atoms with E-state index in [1.165, 1.54) is 11.1 Å². The van der Waals surface area contributed by atoms with E-state index in [1.54, 1.807) is 0 Å². The van der Waals surface area contributed by atoms with Crippen molar-refractivity contribution in [2.24, 2.45) is 0 Å². The Morgan fingerprint density at radius 3 is 1.03 bits per heavy atom. The number of nitrogens with zero attached hydrogens (tertiary/aromatic N) is 9. The minimum Gasteiger partial charge on any atom is -0.305 e. The second-order valence-electron chi connectivity index (χ2n) is 22.2. The van der Waals surface area contributed by atoms with Crippen LogP contribution >= 0.6 is 0 Å². The highest BCUT2D eigenvalue weighted by molar-refractivity contribution is 6.08. The predicted molar refractivity (Wildman–Crippen MR) is 360 cm³/mol. The van der Waals surface area contributed by atoms with Gasteiger partial charge in [-0.25, -0.2) is 34.9 Å². The van der Waals surface area contributed by atoms with E-state index < -0.39 is 0 Å². The van der Waals surface area contributed by atoms with Crippen LogP contribution in [0.25, 0.3) is 102 Å². The van der Waals surface area contributed by atoms with Gasteiger partial charge in [0.15, 0.2) is 29.1 Å².